The summed E-state index contributed by atoms with van der Waals surface area (Å²) in [5.41, 5.74) is 4.74. The van der Waals surface area contributed by atoms with Gasteiger partial charge < -0.3 is 48.7 Å². The van der Waals surface area contributed by atoms with Gasteiger partial charge >= 0.3 is 6.16 Å². The van der Waals surface area contributed by atoms with E-state index in [0.29, 0.717) is 64.9 Å². The van der Waals surface area contributed by atoms with Crippen LogP contribution < -0.4 is 29.0 Å². The number of fused-ring (bicyclic) bond motifs is 10. The molecule has 3 aromatic rings. The lowest BCUT2D eigenvalue weighted by molar-refractivity contribution is -0.132. The van der Waals surface area contributed by atoms with E-state index in [0.717, 1.165) is 27.8 Å². The fraction of sp³-hybridized carbons (Fsp3) is 0.512. The van der Waals surface area contributed by atoms with Crippen LogP contribution in [0, 0.1) is 25.2 Å². The number of phenols is 2. The fourth-order valence-electron chi connectivity index (χ4n) is 10.4. The zero-order chi connectivity index (χ0) is 41.9. The number of hydrogen-bond acceptors (Lipinski definition) is 16. The van der Waals surface area contributed by atoms with Crippen molar-refractivity contribution in [1.82, 2.24) is 15.1 Å². The second-order valence-electron chi connectivity index (χ2n) is 17.2. The number of carbonyl (C=O) groups is 2. The SMILES string of the molecule is COc1cc2c(cc1OC(=O)OC(C)(C)C)CCN[C@]2(C)CS[C@@H]1c2c(O)c(C)c3c(c2[C@H](COC=O)N2C1C1c4c(cc(C)c(OC)c4O)C4C([C@@H]2C#N)N41)OCO3. The van der Waals surface area contributed by atoms with E-state index in [4.69, 9.17) is 33.2 Å². The molecule has 6 aliphatic heterocycles. The van der Waals surface area contributed by atoms with Crippen molar-refractivity contribution >= 4 is 24.4 Å². The Bertz CT molecular complexity index is 2330. The molecule has 0 saturated carbocycles. The van der Waals surface area contributed by atoms with Crippen molar-refractivity contribution in [3.05, 3.63) is 62.7 Å². The lowest BCUT2D eigenvalue weighted by atomic mass is 9.76. The molecule has 9 rings (SSSR count). The maximum Gasteiger partial charge on any atom is 0.514 e. The zero-order valence-electron chi connectivity index (χ0n) is 34.2. The van der Waals surface area contributed by atoms with Crippen LogP contribution in [0.25, 0.3) is 0 Å². The predicted molar refractivity (Wildman–Crippen MR) is 213 cm³/mol. The minimum Gasteiger partial charge on any atom is -0.507 e. The van der Waals surface area contributed by atoms with Crippen molar-refractivity contribution in [3.63, 3.8) is 0 Å². The summed E-state index contributed by atoms with van der Waals surface area (Å²) in [5, 5.41) is 38.6. The predicted octanol–water partition coefficient (Wildman–Crippen LogP) is 5.89. The first-order valence-corrected chi connectivity index (χ1v) is 20.8. The zero-order valence-corrected chi connectivity index (χ0v) is 35.0. The number of methoxy groups -OCH3 is 2. The molecule has 312 valence electrons. The molecule has 0 spiro atoms. The Morgan fingerprint density at radius 2 is 1.80 bits per heavy atom. The summed E-state index contributed by atoms with van der Waals surface area (Å²) in [7, 11) is 3.06. The maximum atomic E-state index is 12.7. The third kappa shape index (κ3) is 5.87. The molecule has 3 aromatic carbocycles. The van der Waals surface area contributed by atoms with Crippen LogP contribution in [0.4, 0.5) is 4.79 Å². The summed E-state index contributed by atoms with van der Waals surface area (Å²) in [5.74, 6) is 2.44. The third-order valence-corrected chi connectivity index (χ3v) is 14.3. The summed E-state index contributed by atoms with van der Waals surface area (Å²) in [6.07, 6.45) is -0.168. The highest BCUT2D eigenvalue weighted by atomic mass is 32.2. The average molecular weight is 829 g/mol. The van der Waals surface area contributed by atoms with Gasteiger partial charge in [-0.05, 0) is 82.3 Å². The number of aryl methyl sites for hydroxylation is 1. The number of benzene rings is 3. The molecule has 2 fully saturated rings. The van der Waals surface area contributed by atoms with Gasteiger partial charge in [0.05, 0.1) is 55.2 Å². The highest BCUT2D eigenvalue weighted by molar-refractivity contribution is 7.99. The topological polar surface area (TPSA) is 181 Å². The number of nitrogens with zero attached hydrogens (tertiary/aromatic N) is 3. The average Bonchev–Trinajstić information content (AvgIpc) is 3.53. The molecule has 5 unspecified atom stereocenters. The van der Waals surface area contributed by atoms with Crippen LogP contribution in [-0.4, -0.2) is 96.3 Å². The summed E-state index contributed by atoms with van der Waals surface area (Å²) in [6.45, 7) is 12.0. The fourth-order valence-corrected chi connectivity index (χ4v) is 12.1. The molecule has 3 N–H and O–H groups in total. The monoisotopic (exact) mass is 828 g/mol. The number of aromatic hydroxyl groups is 2. The second-order valence-corrected chi connectivity index (χ2v) is 18.3. The highest BCUT2D eigenvalue weighted by Crippen LogP contribution is 2.72. The Labute approximate surface area is 346 Å². The molecule has 0 radical (unpaired) electrons. The molecular weight excluding hydrogens is 781 g/mol. The van der Waals surface area contributed by atoms with Gasteiger partial charge in [0.1, 0.15) is 24.0 Å². The van der Waals surface area contributed by atoms with Crippen LogP contribution in [0.5, 0.6) is 40.2 Å². The lowest BCUT2D eigenvalue weighted by Gasteiger charge is -2.54. The minimum atomic E-state index is -0.831. The van der Waals surface area contributed by atoms with E-state index in [2.05, 4.69) is 34.2 Å². The first-order valence-electron chi connectivity index (χ1n) is 19.7. The molecule has 6 aliphatic rings. The molecule has 6 heterocycles. The Morgan fingerprint density at radius 3 is 2.49 bits per heavy atom. The molecule has 2 saturated heterocycles. The lowest BCUT2D eigenvalue weighted by Crippen LogP contribution is -2.60. The molecule has 16 heteroatoms. The molecule has 59 heavy (non-hydrogen) atoms. The van der Waals surface area contributed by atoms with Crippen LogP contribution in [0.2, 0.25) is 0 Å². The smallest absolute Gasteiger partial charge is 0.507 e. The van der Waals surface area contributed by atoms with Gasteiger partial charge in [-0.1, -0.05) is 6.07 Å². The number of nitriles is 1. The Balaban J connectivity index is 1.19. The van der Waals surface area contributed by atoms with Crippen molar-refractivity contribution in [2.45, 2.75) is 101 Å². The van der Waals surface area contributed by atoms with Crippen molar-refractivity contribution in [3.8, 4) is 46.3 Å². The number of carbonyl (C=O) groups excluding carboxylic acids is 2. The summed E-state index contributed by atoms with van der Waals surface area (Å²) < 4.78 is 40.2. The van der Waals surface area contributed by atoms with Gasteiger partial charge in [0.15, 0.2) is 34.5 Å². The van der Waals surface area contributed by atoms with Crippen molar-refractivity contribution < 1.29 is 53.0 Å². The molecule has 15 nitrogen and oxygen atoms in total. The van der Waals surface area contributed by atoms with Crippen molar-refractivity contribution in [2.75, 3.05) is 39.9 Å². The molecular formula is C43H48N4O11S. The Kier molecular flexibility index (Phi) is 9.35. The van der Waals surface area contributed by atoms with E-state index in [9.17, 15) is 25.1 Å². The van der Waals surface area contributed by atoms with Crippen molar-refractivity contribution in [1.29, 1.82) is 5.26 Å². The molecule has 0 bridgehead atoms. The standard InChI is InChI=1S/C43H48N4O11S/c1-19-11-22-28(36(50)37(19)53-8)33-34-40(59-16-43(6)23-13-26(52-7)27(12-21(23)9-10-45-43)57-41(51)58-42(3,4)5)30-29(39-38(55-18-56-39)20(2)35(30)49)25(15-54-17-48)46(34)24(14-44)32-31(22)47(32)33/h11-13,17,24-25,31-34,40,45,49-50H,9-10,15-16,18H2,1-8H3/t24-,25-,31?,32?,33?,34?,40+,43+,47?/m0/s1. The number of nitrogens with one attached hydrogen (secondary N) is 1. The maximum absolute atomic E-state index is 12.7. The largest absolute Gasteiger partial charge is 0.514 e. The minimum absolute atomic E-state index is 0.0344. The first-order chi connectivity index (χ1) is 28.2. The van der Waals surface area contributed by atoms with Crippen LogP contribution >= 0.6 is 11.8 Å². The summed E-state index contributed by atoms with van der Waals surface area (Å²) in [4.78, 5) is 29.0. The number of rotatable bonds is 9. The third-order valence-electron chi connectivity index (χ3n) is 12.7. The van der Waals surface area contributed by atoms with Crippen LogP contribution in [0.3, 0.4) is 0 Å². The Hall–Kier alpha value is -5.08. The number of phenolic OH excluding ortho intramolecular Hbond substituents is 2. The van der Waals surface area contributed by atoms with E-state index in [1.165, 1.54) is 14.2 Å². The summed E-state index contributed by atoms with van der Waals surface area (Å²) >= 11 is 1.62. The van der Waals surface area contributed by atoms with Gasteiger partial charge in [-0.15, -0.1) is 11.8 Å². The second kappa shape index (κ2) is 14.0. The number of ether oxygens (including phenoxy) is 7. The molecule has 9 atom stereocenters. The molecule has 0 amide bonds. The van der Waals surface area contributed by atoms with E-state index >= 15 is 0 Å². The number of hydrogen-bond donors (Lipinski definition) is 3. The van der Waals surface area contributed by atoms with Gasteiger partial charge in [-0.25, -0.2) is 4.79 Å². The van der Waals surface area contributed by atoms with Crippen LogP contribution in [0.1, 0.15) is 95.6 Å². The quantitative estimate of drug-likeness (QED) is 0.100. The first kappa shape index (κ1) is 39.4. The highest BCUT2D eigenvalue weighted by Gasteiger charge is 2.72. The van der Waals surface area contributed by atoms with Gasteiger partial charge in [0.2, 0.25) is 6.79 Å². The van der Waals surface area contributed by atoms with E-state index in [1.807, 2.05) is 19.1 Å². The van der Waals surface area contributed by atoms with Gasteiger partial charge in [0, 0.05) is 40.6 Å². The summed E-state index contributed by atoms with van der Waals surface area (Å²) in [6, 6.07) is 5.82. The number of piperazine rings is 1. The van der Waals surface area contributed by atoms with Gasteiger partial charge in [0.25, 0.3) is 6.47 Å². The van der Waals surface area contributed by atoms with Crippen LogP contribution in [0.15, 0.2) is 18.2 Å². The molecule has 0 aromatic heterocycles. The Morgan fingerprint density at radius 1 is 1.03 bits per heavy atom. The van der Waals surface area contributed by atoms with E-state index in [-0.39, 0.29) is 42.7 Å². The van der Waals surface area contributed by atoms with E-state index < -0.39 is 46.7 Å². The van der Waals surface area contributed by atoms with Crippen LogP contribution in [-0.2, 0) is 26.2 Å². The van der Waals surface area contributed by atoms with Gasteiger partial charge in [-0.2, -0.15) is 5.26 Å². The van der Waals surface area contributed by atoms with E-state index in [1.54, 1.807) is 39.5 Å². The van der Waals surface area contributed by atoms with Crippen molar-refractivity contribution in [2.24, 2.45) is 0 Å². The normalized spacial score (nSPS) is 29.1. The molecule has 0 aliphatic carbocycles. The number of thioether (sulfide) groups is 1. The van der Waals surface area contributed by atoms with Gasteiger partial charge in [-0.3, -0.25) is 14.6 Å².